The number of nitrogens with zero attached hydrogens (tertiary/aromatic N) is 2. The topological polar surface area (TPSA) is 27.0 Å². The van der Waals surface area contributed by atoms with Crippen molar-refractivity contribution in [3.05, 3.63) is 70.2 Å². The molecule has 0 aromatic heterocycles. The lowest BCUT2D eigenvalue weighted by Gasteiger charge is -2.28. The van der Waals surface area contributed by atoms with Crippen LogP contribution in [0.1, 0.15) is 24.0 Å². The van der Waals surface area contributed by atoms with Crippen molar-refractivity contribution in [1.82, 2.24) is 0 Å². The second kappa shape index (κ2) is 7.31. The number of thioether (sulfide) groups is 1. The first-order valence-electron chi connectivity index (χ1n) is 9.59. The van der Waals surface area contributed by atoms with Gasteiger partial charge in [0, 0.05) is 33.8 Å². The van der Waals surface area contributed by atoms with Crippen molar-refractivity contribution in [2.75, 3.05) is 18.0 Å². The minimum absolute atomic E-state index is 0.838. The van der Waals surface area contributed by atoms with E-state index in [-0.39, 0.29) is 0 Å². The number of anilines is 1. The molecule has 0 spiro atoms. The maximum Gasteiger partial charge on any atom is 0.102 e. The standard InChI is InChI=1S/C24H19BrN2S/c25-17-9-7-16(8-10-17)19-13-22(27-11-3-4-12-27)20(14-26)24-18-5-1-2-6-23(18)28-15-21(19)24/h1-2,5-10,13H,3-4,11-12,15H2. The molecule has 0 saturated carbocycles. The molecule has 2 aliphatic heterocycles. The molecule has 0 bridgehead atoms. The lowest BCUT2D eigenvalue weighted by Crippen LogP contribution is -2.20. The number of fused-ring (bicyclic) bond motifs is 3. The van der Waals surface area contributed by atoms with Crippen LogP contribution in [0.5, 0.6) is 0 Å². The molecule has 2 nitrogen and oxygen atoms in total. The van der Waals surface area contributed by atoms with Crippen LogP contribution in [0.2, 0.25) is 0 Å². The van der Waals surface area contributed by atoms with Gasteiger partial charge < -0.3 is 4.90 Å². The Hall–Kier alpha value is -2.22. The van der Waals surface area contributed by atoms with E-state index in [0.29, 0.717) is 0 Å². The molecule has 138 valence electrons. The van der Waals surface area contributed by atoms with Gasteiger partial charge in [-0.1, -0.05) is 46.3 Å². The third kappa shape index (κ3) is 2.94. The molecule has 3 aromatic rings. The van der Waals surface area contributed by atoms with Crippen molar-refractivity contribution in [1.29, 1.82) is 5.26 Å². The van der Waals surface area contributed by atoms with Gasteiger partial charge in [-0.15, -0.1) is 11.8 Å². The number of halogens is 1. The second-order valence-electron chi connectivity index (χ2n) is 7.27. The largest absolute Gasteiger partial charge is 0.370 e. The maximum absolute atomic E-state index is 10.2. The van der Waals surface area contributed by atoms with Crippen molar-refractivity contribution in [3.63, 3.8) is 0 Å². The molecule has 28 heavy (non-hydrogen) atoms. The summed E-state index contributed by atoms with van der Waals surface area (Å²) in [6, 6.07) is 21.9. The van der Waals surface area contributed by atoms with Gasteiger partial charge in [-0.3, -0.25) is 0 Å². The van der Waals surface area contributed by atoms with Gasteiger partial charge in [0.05, 0.1) is 11.3 Å². The van der Waals surface area contributed by atoms with Crippen LogP contribution in [0.3, 0.4) is 0 Å². The minimum Gasteiger partial charge on any atom is -0.370 e. The van der Waals surface area contributed by atoms with Crippen LogP contribution in [-0.4, -0.2) is 13.1 Å². The molecule has 5 rings (SSSR count). The highest BCUT2D eigenvalue weighted by Crippen LogP contribution is 2.49. The van der Waals surface area contributed by atoms with E-state index in [4.69, 9.17) is 0 Å². The highest BCUT2D eigenvalue weighted by atomic mass is 79.9. The van der Waals surface area contributed by atoms with E-state index in [0.717, 1.165) is 40.1 Å². The molecule has 3 aromatic carbocycles. The molecule has 0 radical (unpaired) electrons. The molecule has 4 heteroatoms. The monoisotopic (exact) mass is 446 g/mol. The lowest BCUT2D eigenvalue weighted by molar-refractivity contribution is 0.949. The number of hydrogen-bond acceptors (Lipinski definition) is 3. The number of benzene rings is 3. The smallest absolute Gasteiger partial charge is 0.102 e. The fourth-order valence-electron chi connectivity index (χ4n) is 4.31. The van der Waals surface area contributed by atoms with Crippen molar-refractivity contribution >= 4 is 33.4 Å². The Morgan fingerprint density at radius 1 is 0.964 bits per heavy atom. The Balaban J connectivity index is 1.83. The van der Waals surface area contributed by atoms with E-state index < -0.39 is 0 Å². The SMILES string of the molecule is N#Cc1c(N2CCCC2)cc(-c2ccc(Br)cc2)c2c1-c1ccccc1SC2. The minimum atomic E-state index is 0.838. The Kier molecular flexibility index (Phi) is 4.66. The van der Waals surface area contributed by atoms with Gasteiger partial charge in [0.2, 0.25) is 0 Å². The summed E-state index contributed by atoms with van der Waals surface area (Å²) < 4.78 is 1.08. The second-order valence-corrected chi connectivity index (χ2v) is 9.20. The van der Waals surface area contributed by atoms with E-state index in [2.05, 4.69) is 81.5 Å². The zero-order valence-electron chi connectivity index (χ0n) is 15.4. The summed E-state index contributed by atoms with van der Waals surface area (Å²) in [5.41, 5.74) is 8.02. The van der Waals surface area contributed by atoms with Crippen molar-refractivity contribution in [2.45, 2.75) is 23.5 Å². The van der Waals surface area contributed by atoms with Gasteiger partial charge in [-0.2, -0.15) is 5.26 Å². The molecule has 2 heterocycles. The molecular formula is C24H19BrN2S. The summed E-state index contributed by atoms with van der Waals surface area (Å²) in [5, 5.41) is 10.2. The summed E-state index contributed by atoms with van der Waals surface area (Å²) in [6.07, 6.45) is 2.39. The fourth-order valence-corrected chi connectivity index (χ4v) is 5.68. The van der Waals surface area contributed by atoms with Crippen LogP contribution in [0.4, 0.5) is 5.69 Å². The molecule has 0 unspecified atom stereocenters. The molecule has 1 saturated heterocycles. The summed E-state index contributed by atoms with van der Waals surface area (Å²) in [7, 11) is 0. The molecule has 2 aliphatic rings. The zero-order chi connectivity index (χ0) is 19.1. The Morgan fingerprint density at radius 3 is 2.46 bits per heavy atom. The average Bonchev–Trinajstić information content (AvgIpc) is 3.27. The van der Waals surface area contributed by atoms with Gasteiger partial charge in [-0.05, 0) is 59.4 Å². The summed E-state index contributed by atoms with van der Waals surface area (Å²) in [6.45, 7) is 2.06. The normalized spacial score (nSPS) is 15.1. The quantitative estimate of drug-likeness (QED) is 0.429. The van der Waals surface area contributed by atoms with Crippen molar-refractivity contribution < 1.29 is 0 Å². The van der Waals surface area contributed by atoms with Crippen LogP contribution < -0.4 is 4.90 Å². The summed E-state index contributed by atoms with van der Waals surface area (Å²) in [5.74, 6) is 0.896. The summed E-state index contributed by atoms with van der Waals surface area (Å²) in [4.78, 5) is 3.66. The number of rotatable bonds is 2. The molecular weight excluding hydrogens is 428 g/mol. The Labute approximate surface area is 178 Å². The fraction of sp³-hybridized carbons (Fsp3) is 0.208. The van der Waals surface area contributed by atoms with Crippen LogP contribution in [0, 0.1) is 11.3 Å². The third-order valence-corrected chi connectivity index (χ3v) is 7.28. The average molecular weight is 447 g/mol. The number of hydrogen-bond donors (Lipinski definition) is 0. The first-order valence-corrected chi connectivity index (χ1v) is 11.4. The van der Waals surface area contributed by atoms with Crippen LogP contribution in [0.15, 0.2) is 64.0 Å². The lowest BCUT2D eigenvalue weighted by atomic mass is 9.87. The van der Waals surface area contributed by atoms with Gasteiger partial charge in [0.15, 0.2) is 0 Å². The van der Waals surface area contributed by atoms with Gasteiger partial charge in [-0.25, -0.2) is 0 Å². The predicted octanol–water partition coefficient (Wildman–Crippen LogP) is 6.86. The highest BCUT2D eigenvalue weighted by Gasteiger charge is 2.28. The van der Waals surface area contributed by atoms with E-state index in [1.807, 2.05) is 11.8 Å². The maximum atomic E-state index is 10.2. The van der Waals surface area contributed by atoms with E-state index in [1.54, 1.807) is 0 Å². The summed E-state index contributed by atoms with van der Waals surface area (Å²) >= 11 is 5.42. The van der Waals surface area contributed by atoms with Gasteiger partial charge in [0.1, 0.15) is 6.07 Å². The highest BCUT2D eigenvalue weighted by molar-refractivity contribution is 9.10. The van der Waals surface area contributed by atoms with Crippen molar-refractivity contribution in [3.8, 4) is 28.3 Å². The zero-order valence-corrected chi connectivity index (χ0v) is 17.8. The Bertz CT molecular complexity index is 1090. The van der Waals surface area contributed by atoms with Crippen LogP contribution in [0.25, 0.3) is 22.3 Å². The number of nitriles is 1. The van der Waals surface area contributed by atoms with Gasteiger partial charge in [0.25, 0.3) is 0 Å². The first kappa shape index (κ1) is 17.8. The third-order valence-electron chi connectivity index (χ3n) is 5.66. The van der Waals surface area contributed by atoms with E-state index in [9.17, 15) is 5.26 Å². The molecule has 0 amide bonds. The predicted molar refractivity (Wildman–Crippen MR) is 121 cm³/mol. The first-order chi connectivity index (χ1) is 13.8. The van der Waals surface area contributed by atoms with Crippen molar-refractivity contribution in [2.24, 2.45) is 0 Å². The molecule has 0 N–H and O–H groups in total. The van der Waals surface area contributed by atoms with E-state index in [1.165, 1.54) is 40.0 Å². The van der Waals surface area contributed by atoms with E-state index >= 15 is 0 Å². The van der Waals surface area contributed by atoms with Gasteiger partial charge >= 0.3 is 0 Å². The molecule has 0 aliphatic carbocycles. The van der Waals surface area contributed by atoms with Crippen LogP contribution >= 0.6 is 27.7 Å². The van der Waals surface area contributed by atoms with Crippen LogP contribution in [-0.2, 0) is 5.75 Å². The molecule has 0 atom stereocenters. The molecule has 1 fully saturated rings. The Morgan fingerprint density at radius 2 is 1.71 bits per heavy atom.